The van der Waals surface area contributed by atoms with Crippen molar-refractivity contribution in [2.24, 2.45) is 0 Å². The minimum Gasteiger partial charge on any atom is -0.493 e. The van der Waals surface area contributed by atoms with E-state index in [-0.39, 0.29) is 0 Å². The number of hydrogen-bond donors (Lipinski definition) is 1. The van der Waals surface area contributed by atoms with Gasteiger partial charge < -0.3 is 19.7 Å². The van der Waals surface area contributed by atoms with Crippen LogP contribution in [0.5, 0.6) is 11.5 Å². The highest BCUT2D eigenvalue weighted by atomic mass is 16.5. The fourth-order valence-corrected chi connectivity index (χ4v) is 2.92. The van der Waals surface area contributed by atoms with Gasteiger partial charge in [-0.25, -0.2) is 4.98 Å². The lowest BCUT2D eigenvalue weighted by atomic mass is 10.2. The monoisotopic (exact) mass is 378 g/mol. The molecule has 1 aromatic heterocycles. The van der Waals surface area contributed by atoms with E-state index in [0.717, 1.165) is 18.1 Å². The topological polar surface area (TPSA) is 59.5 Å². The summed E-state index contributed by atoms with van der Waals surface area (Å²) in [6, 6.07) is 18.2. The van der Waals surface area contributed by atoms with Gasteiger partial charge in [0.25, 0.3) is 0 Å². The first-order valence-electron chi connectivity index (χ1n) is 9.23. The highest BCUT2D eigenvalue weighted by Crippen LogP contribution is 2.30. The normalized spacial score (nSPS) is 10.6. The van der Waals surface area contributed by atoms with Crippen molar-refractivity contribution in [3.8, 4) is 11.5 Å². The minimum atomic E-state index is 0.295. The summed E-state index contributed by atoms with van der Waals surface area (Å²) < 4.78 is 10.6. The van der Waals surface area contributed by atoms with Gasteiger partial charge >= 0.3 is 0 Å². The molecule has 6 heteroatoms. The van der Waals surface area contributed by atoms with Gasteiger partial charge in [0, 0.05) is 30.5 Å². The van der Waals surface area contributed by atoms with Crippen LogP contribution in [0.4, 0.5) is 17.5 Å². The van der Waals surface area contributed by atoms with E-state index in [0.29, 0.717) is 23.5 Å². The van der Waals surface area contributed by atoms with Crippen LogP contribution in [0.15, 0.2) is 60.8 Å². The van der Waals surface area contributed by atoms with Crippen molar-refractivity contribution in [1.29, 1.82) is 0 Å². The molecule has 0 aliphatic heterocycles. The van der Waals surface area contributed by atoms with Crippen molar-refractivity contribution >= 4 is 17.5 Å². The summed E-state index contributed by atoms with van der Waals surface area (Å²) in [6.45, 7) is 5.10. The van der Waals surface area contributed by atoms with Crippen molar-refractivity contribution in [1.82, 2.24) is 9.97 Å². The lowest BCUT2D eigenvalue weighted by molar-refractivity contribution is 0.355. The third kappa shape index (κ3) is 4.71. The van der Waals surface area contributed by atoms with E-state index in [2.05, 4.69) is 53.3 Å². The molecule has 0 radical (unpaired) electrons. The number of methoxy groups -OCH3 is 2. The van der Waals surface area contributed by atoms with Crippen LogP contribution in [0.3, 0.4) is 0 Å². The highest BCUT2D eigenvalue weighted by molar-refractivity contribution is 5.60. The highest BCUT2D eigenvalue weighted by Gasteiger charge is 2.14. The fourth-order valence-electron chi connectivity index (χ4n) is 2.92. The summed E-state index contributed by atoms with van der Waals surface area (Å²) in [5.41, 5.74) is 2.07. The van der Waals surface area contributed by atoms with Crippen LogP contribution in [0.2, 0.25) is 0 Å². The van der Waals surface area contributed by atoms with Gasteiger partial charge in [-0.1, -0.05) is 30.3 Å². The van der Waals surface area contributed by atoms with Gasteiger partial charge in [0.2, 0.25) is 5.95 Å². The van der Waals surface area contributed by atoms with Gasteiger partial charge in [-0.3, -0.25) is 0 Å². The lowest BCUT2D eigenvalue weighted by Crippen LogP contribution is -2.31. The summed E-state index contributed by atoms with van der Waals surface area (Å²) >= 11 is 0. The van der Waals surface area contributed by atoms with E-state index < -0.39 is 0 Å². The van der Waals surface area contributed by atoms with Gasteiger partial charge in [0.05, 0.1) is 14.2 Å². The van der Waals surface area contributed by atoms with Crippen LogP contribution in [0.1, 0.15) is 19.4 Å². The maximum Gasteiger partial charge on any atom is 0.229 e. The van der Waals surface area contributed by atoms with Crippen LogP contribution >= 0.6 is 0 Å². The molecule has 0 saturated carbocycles. The molecule has 0 unspecified atom stereocenters. The van der Waals surface area contributed by atoms with Crippen LogP contribution < -0.4 is 19.7 Å². The van der Waals surface area contributed by atoms with E-state index in [1.807, 2.05) is 30.3 Å². The Morgan fingerprint density at radius 1 is 0.964 bits per heavy atom. The summed E-state index contributed by atoms with van der Waals surface area (Å²) in [7, 11) is 3.23. The number of benzene rings is 2. The van der Waals surface area contributed by atoms with E-state index >= 15 is 0 Å². The van der Waals surface area contributed by atoms with Crippen LogP contribution in [0.25, 0.3) is 0 Å². The number of anilines is 3. The molecule has 1 N–H and O–H groups in total. The van der Waals surface area contributed by atoms with E-state index in [9.17, 15) is 0 Å². The quantitative estimate of drug-likeness (QED) is 0.616. The molecule has 0 atom stereocenters. The largest absolute Gasteiger partial charge is 0.493 e. The molecule has 0 fully saturated rings. The van der Waals surface area contributed by atoms with Gasteiger partial charge in [0.15, 0.2) is 11.5 Å². The van der Waals surface area contributed by atoms with Gasteiger partial charge in [-0.2, -0.15) is 4.98 Å². The summed E-state index contributed by atoms with van der Waals surface area (Å²) in [4.78, 5) is 11.3. The summed E-state index contributed by atoms with van der Waals surface area (Å²) in [5, 5.41) is 3.24. The molecule has 0 amide bonds. The van der Waals surface area contributed by atoms with Gasteiger partial charge in [0.1, 0.15) is 5.82 Å². The molecular formula is C22H26N4O2. The molecule has 0 aliphatic rings. The lowest BCUT2D eigenvalue weighted by Gasteiger charge is -2.28. The molecular weight excluding hydrogens is 352 g/mol. The van der Waals surface area contributed by atoms with Gasteiger partial charge in [-0.05, 0) is 37.6 Å². The number of nitrogens with one attached hydrogen (secondary N) is 1. The molecule has 0 saturated heterocycles. The Hall–Kier alpha value is -3.28. The number of nitrogens with zero attached hydrogens (tertiary/aromatic N) is 3. The zero-order valence-corrected chi connectivity index (χ0v) is 16.7. The first-order valence-corrected chi connectivity index (χ1v) is 9.23. The molecule has 0 aliphatic carbocycles. The Balaban J connectivity index is 1.82. The zero-order valence-electron chi connectivity index (χ0n) is 16.7. The average Bonchev–Trinajstić information content (AvgIpc) is 2.72. The Morgan fingerprint density at radius 2 is 1.71 bits per heavy atom. The number of hydrogen-bond acceptors (Lipinski definition) is 6. The third-order valence-electron chi connectivity index (χ3n) is 4.39. The smallest absolute Gasteiger partial charge is 0.229 e. The predicted octanol–water partition coefficient (Wildman–Crippen LogP) is 4.65. The number of rotatable bonds is 8. The Morgan fingerprint density at radius 3 is 2.39 bits per heavy atom. The van der Waals surface area contributed by atoms with Crippen LogP contribution in [0, 0.1) is 0 Å². The second-order valence-electron chi connectivity index (χ2n) is 6.64. The molecule has 1 heterocycles. The molecule has 28 heavy (non-hydrogen) atoms. The van der Waals surface area contributed by atoms with E-state index in [1.54, 1.807) is 20.4 Å². The average molecular weight is 378 g/mol. The summed E-state index contributed by atoms with van der Waals surface area (Å²) in [5.74, 6) is 2.73. The maximum atomic E-state index is 5.36. The first-order chi connectivity index (χ1) is 13.6. The Labute approximate surface area is 166 Å². The van der Waals surface area contributed by atoms with E-state index in [4.69, 9.17) is 14.5 Å². The maximum absolute atomic E-state index is 5.36. The Kier molecular flexibility index (Phi) is 6.32. The molecule has 0 bridgehead atoms. The molecule has 3 rings (SSSR count). The van der Waals surface area contributed by atoms with Crippen LogP contribution in [-0.4, -0.2) is 30.2 Å². The van der Waals surface area contributed by atoms with Crippen molar-refractivity contribution < 1.29 is 9.47 Å². The minimum absolute atomic E-state index is 0.295. The first kappa shape index (κ1) is 19.5. The molecule has 2 aromatic carbocycles. The predicted molar refractivity (Wildman–Crippen MR) is 113 cm³/mol. The third-order valence-corrected chi connectivity index (χ3v) is 4.39. The SMILES string of the molecule is COc1ccc(Nc2nccc(N(Cc3ccccc3)C(C)C)n2)cc1OC. The summed E-state index contributed by atoms with van der Waals surface area (Å²) in [6.07, 6.45) is 1.77. The number of ether oxygens (including phenoxy) is 2. The van der Waals surface area contributed by atoms with E-state index in [1.165, 1.54) is 5.56 Å². The fraction of sp³-hybridized carbons (Fsp3) is 0.273. The van der Waals surface area contributed by atoms with Crippen molar-refractivity contribution in [2.75, 3.05) is 24.4 Å². The standard InChI is InChI=1S/C22H26N4O2/c1-16(2)26(15-17-8-6-5-7-9-17)21-12-13-23-22(25-21)24-18-10-11-19(27-3)20(14-18)28-4/h5-14,16H,15H2,1-4H3,(H,23,24,25). The molecule has 146 valence electrons. The second-order valence-corrected chi connectivity index (χ2v) is 6.64. The van der Waals surface area contributed by atoms with Crippen molar-refractivity contribution in [3.63, 3.8) is 0 Å². The number of aromatic nitrogens is 2. The second kappa shape index (κ2) is 9.08. The molecule has 6 nitrogen and oxygen atoms in total. The van der Waals surface area contributed by atoms with Crippen molar-refractivity contribution in [3.05, 3.63) is 66.4 Å². The van der Waals surface area contributed by atoms with Crippen molar-refractivity contribution in [2.45, 2.75) is 26.4 Å². The van der Waals surface area contributed by atoms with Crippen LogP contribution in [-0.2, 0) is 6.54 Å². The molecule has 0 spiro atoms. The van der Waals surface area contributed by atoms with Gasteiger partial charge in [-0.15, -0.1) is 0 Å². The Bertz CT molecular complexity index is 900. The molecule has 3 aromatic rings. The zero-order chi connectivity index (χ0) is 19.9.